The molecular formula is C13H17N3O. The molecule has 1 heterocycles. The largest absolute Gasteiger partial charge is 0.363 e. The Bertz CT molecular complexity index is 440. The number of hydrogen-bond acceptors (Lipinski definition) is 3. The third kappa shape index (κ3) is 3.60. The molecule has 4 nitrogen and oxygen atoms in total. The van der Waals surface area contributed by atoms with E-state index in [1.165, 1.54) is 5.56 Å². The molecule has 4 heteroatoms. The lowest BCUT2D eigenvalue weighted by Gasteiger charge is -2.08. The van der Waals surface area contributed by atoms with E-state index in [1.54, 1.807) is 6.20 Å². The molecule has 1 aromatic heterocycles. The van der Waals surface area contributed by atoms with Crippen molar-refractivity contribution in [2.45, 2.75) is 13.5 Å². The van der Waals surface area contributed by atoms with E-state index >= 15 is 0 Å². The number of nitrogens with one attached hydrogen (secondary N) is 1. The second-order valence-corrected chi connectivity index (χ2v) is 3.75. The van der Waals surface area contributed by atoms with E-state index in [0.29, 0.717) is 6.73 Å². The average Bonchev–Trinajstić information content (AvgIpc) is 2.83. The van der Waals surface area contributed by atoms with Crippen LogP contribution in [0.3, 0.4) is 0 Å². The highest BCUT2D eigenvalue weighted by Gasteiger charge is 1.96. The summed E-state index contributed by atoms with van der Waals surface area (Å²) in [6.45, 7) is 4.09. The van der Waals surface area contributed by atoms with Crippen molar-refractivity contribution in [3.05, 3.63) is 48.5 Å². The fourth-order valence-electron chi connectivity index (χ4n) is 1.61. The van der Waals surface area contributed by atoms with Crippen LogP contribution in [-0.2, 0) is 11.3 Å². The molecule has 0 aliphatic rings. The van der Waals surface area contributed by atoms with E-state index in [2.05, 4.69) is 22.4 Å². The second kappa shape index (κ2) is 6.06. The highest BCUT2D eigenvalue weighted by molar-refractivity contribution is 5.45. The van der Waals surface area contributed by atoms with Gasteiger partial charge in [-0.1, -0.05) is 12.1 Å². The van der Waals surface area contributed by atoms with Crippen molar-refractivity contribution < 1.29 is 4.74 Å². The molecule has 2 rings (SSSR count). The van der Waals surface area contributed by atoms with Crippen LogP contribution in [0.2, 0.25) is 0 Å². The summed E-state index contributed by atoms with van der Waals surface area (Å²) in [5.41, 5.74) is 2.32. The molecule has 0 spiro atoms. The SMILES string of the molecule is CCOCNc1cccc(Cn2ccnc2)c1. The van der Waals surface area contributed by atoms with Gasteiger partial charge < -0.3 is 14.6 Å². The normalized spacial score (nSPS) is 10.4. The third-order valence-corrected chi connectivity index (χ3v) is 2.43. The second-order valence-electron chi connectivity index (χ2n) is 3.75. The first-order valence-corrected chi connectivity index (χ1v) is 5.75. The number of nitrogens with zero attached hydrogens (tertiary/aromatic N) is 2. The van der Waals surface area contributed by atoms with E-state index in [9.17, 15) is 0 Å². The van der Waals surface area contributed by atoms with Crippen molar-refractivity contribution in [1.29, 1.82) is 0 Å². The summed E-state index contributed by atoms with van der Waals surface area (Å²) in [6.07, 6.45) is 5.57. The van der Waals surface area contributed by atoms with Crippen LogP contribution >= 0.6 is 0 Å². The maximum atomic E-state index is 5.26. The van der Waals surface area contributed by atoms with Gasteiger partial charge in [-0.2, -0.15) is 0 Å². The van der Waals surface area contributed by atoms with Gasteiger partial charge >= 0.3 is 0 Å². The molecular weight excluding hydrogens is 214 g/mol. The maximum absolute atomic E-state index is 5.26. The summed E-state index contributed by atoms with van der Waals surface area (Å²) in [5, 5.41) is 3.22. The molecule has 0 bridgehead atoms. The van der Waals surface area contributed by atoms with Crippen LogP contribution in [0.4, 0.5) is 5.69 Å². The van der Waals surface area contributed by atoms with Crippen molar-refractivity contribution in [2.24, 2.45) is 0 Å². The minimum absolute atomic E-state index is 0.547. The zero-order valence-corrected chi connectivity index (χ0v) is 9.97. The smallest absolute Gasteiger partial charge is 0.116 e. The Morgan fingerprint density at radius 1 is 1.41 bits per heavy atom. The third-order valence-electron chi connectivity index (χ3n) is 2.43. The fourth-order valence-corrected chi connectivity index (χ4v) is 1.61. The summed E-state index contributed by atoms with van der Waals surface area (Å²) in [4.78, 5) is 4.03. The Hall–Kier alpha value is -1.81. The molecule has 0 radical (unpaired) electrons. The van der Waals surface area contributed by atoms with Crippen LogP contribution in [0.25, 0.3) is 0 Å². The van der Waals surface area contributed by atoms with Crippen molar-refractivity contribution in [3.8, 4) is 0 Å². The predicted molar refractivity (Wildman–Crippen MR) is 67.9 cm³/mol. The van der Waals surface area contributed by atoms with E-state index in [1.807, 2.05) is 36.1 Å². The Balaban J connectivity index is 1.96. The first-order chi connectivity index (χ1) is 8.38. The van der Waals surface area contributed by atoms with Crippen molar-refractivity contribution >= 4 is 5.69 Å². The Morgan fingerprint density at radius 2 is 2.35 bits per heavy atom. The maximum Gasteiger partial charge on any atom is 0.116 e. The van der Waals surface area contributed by atoms with Crippen LogP contribution < -0.4 is 5.32 Å². The highest BCUT2D eigenvalue weighted by Crippen LogP contribution is 2.11. The van der Waals surface area contributed by atoms with Gasteiger partial charge in [0.05, 0.1) is 6.33 Å². The van der Waals surface area contributed by atoms with Crippen molar-refractivity contribution in [1.82, 2.24) is 9.55 Å². The summed E-state index contributed by atoms with van der Waals surface area (Å²) < 4.78 is 7.30. The zero-order valence-electron chi connectivity index (χ0n) is 9.97. The molecule has 2 aromatic rings. The van der Waals surface area contributed by atoms with Gasteiger partial charge in [0, 0.05) is 31.2 Å². The molecule has 0 amide bonds. The molecule has 0 saturated heterocycles. The monoisotopic (exact) mass is 231 g/mol. The summed E-state index contributed by atoms with van der Waals surface area (Å²) in [5.74, 6) is 0. The van der Waals surface area contributed by atoms with Gasteiger partial charge in [-0.05, 0) is 24.6 Å². The summed E-state index contributed by atoms with van der Waals surface area (Å²) in [7, 11) is 0. The number of imidazole rings is 1. The molecule has 0 aliphatic heterocycles. The van der Waals surface area contributed by atoms with E-state index in [0.717, 1.165) is 18.8 Å². The van der Waals surface area contributed by atoms with Gasteiger partial charge in [0.25, 0.3) is 0 Å². The molecule has 1 aromatic carbocycles. The first-order valence-electron chi connectivity index (χ1n) is 5.75. The van der Waals surface area contributed by atoms with Crippen molar-refractivity contribution in [3.63, 3.8) is 0 Å². The predicted octanol–water partition coefficient (Wildman–Crippen LogP) is 2.34. The Labute approximate surface area is 101 Å². The topological polar surface area (TPSA) is 39.1 Å². The summed E-state index contributed by atoms with van der Waals surface area (Å²) in [6, 6.07) is 8.31. The van der Waals surface area contributed by atoms with Crippen LogP contribution in [0.5, 0.6) is 0 Å². The average molecular weight is 231 g/mol. The van der Waals surface area contributed by atoms with E-state index in [-0.39, 0.29) is 0 Å². The van der Waals surface area contributed by atoms with Crippen LogP contribution in [0.15, 0.2) is 43.0 Å². The lowest BCUT2D eigenvalue weighted by molar-refractivity contribution is 0.167. The molecule has 0 fully saturated rings. The fraction of sp³-hybridized carbons (Fsp3) is 0.308. The molecule has 0 atom stereocenters. The number of anilines is 1. The van der Waals surface area contributed by atoms with Crippen LogP contribution in [0, 0.1) is 0 Å². The summed E-state index contributed by atoms with van der Waals surface area (Å²) >= 11 is 0. The lowest BCUT2D eigenvalue weighted by atomic mass is 10.2. The number of ether oxygens (including phenoxy) is 1. The quantitative estimate of drug-likeness (QED) is 0.612. The number of hydrogen-bond donors (Lipinski definition) is 1. The first kappa shape index (κ1) is 11.7. The molecule has 90 valence electrons. The number of rotatable bonds is 6. The molecule has 0 unspecified atom stereocenters. The molecule has 1 N–H and O–H groups in total. The van der Waals surface area contributed by atoms with Crippen LogP contribution in [0.1, 0.15) is 12.5 Å². The number of aromatic nitrogens is 2. The van der Waals surface area contributed by atoms with Gasteiger partial charge in [0.2, 0.25) is 0 Å². The van der Waals surface area contributed by atoms with Gasteiger partial charge in [-0.25, -0.2) is 4.98 Å². The minimum atomic E-state index is 0.547. The van der Waals surface area contributed by atoms with Gasteiger partial charge in [0.15, 0.2) is 0 Å². The van der Waals surface area contributed by atoms with Gasteiger partial charge in [-0.3, -0.25) is 0 Å². The Kier molecular flexibility index (Phi) is 4.16. The Morgan fingerprint density at radius 3 is 3.12 bits per heavy atom. The van der Waals surface area contributed by atoms with Gasteiger partial charge in [0.1, 0.15) is 6.73 Å². The van der Waals surface area contributed by atoms with Crippen LogP contribution in [-0.4, -0.2) is 22.9 Å². The standard InChI is InChI=1S/C13H17N3O/c1-2-17-11-15-13-5-3-4-12(8-13)9-16-7-6-14-10-16/h3-8,10,15H,2,9,11H2,1H3. The van der Waals surface area contributed by atoms with Gasteiger partial charge in [-0.15, -0.1) is 0 Å². The van der Waals surface area contributed by atoms with E-state index in [4.69, 9.17) is 4.74 Å². The van der Waals surface area contributed by atoms with Crippen molar-refractivity contribution in [2.75, 3.05) is 18.7 Å². The lowest BCUT2D eigenvalue weighted by Crippen LogP contribution is -2.06. The highest BCUT2D eigenvalue weighted by atomic mass is 16.5. The molecule has 0 saturated carbocycles. The molecule has 0 aliphatic carbocycles. The minimum Gasteiger partial charge on any atom is -0.363 e. The number of benzene rings is 1. The zero-order chi connectivity index (χ0) is 11.9. The van der Waals surface area contributed by atoms with E-state index < -0.39 is 0 Å². The molecule has 17 heavy (non-hydrogen) atoms.